The van der Waals surface area contributed by atoms with E-state index in [2.05, 4.69) is 39.0 Å². The van der Waals surface area contributed by atoms with Gasteiger partial charge in [-0.3, -0.25) is 0 Å². The van der Waals surface area contributed by atoms with Crippen molar-refractivity contribution < 1.29 is 9.53 Å². The normalized spacial score (nSPS) is 14.7. The van der Waals surface area contributed by atoms with E-state index < -0.39 is 0 Å². The number of hydrogen-bond acceptors (Lipinski definition) is 7. The third-order valence-corrected chi connectivity index (χ3v) is 5.60. The van der Waals surface area contributed by atoms with Crippen molar-refractivity contribution in [3.05, 3.63) is 42.7 Å². The van der Waals surface area contributed by atoms with Gasteiger partial charge in [0.1, 0.15) is 11.8 Å². The zero-order valence-corrected chi connectivity index (χ0v) is 17.3. The Kier molecular flexibility index (Phi) is 5.65. The highest BCUT2D eigenvalue weighted by atomic mass is 16.6. The van der Waals surface area contributed by atoms with Crippen LogP contribution < -0.4 is 10.6 Å². The lowest BCUT2D eigenvalue weighted by Gasteiger charge is -2.37. The first kappa shape index (κ1) is 19.9. The van der Waals surface area contributed by atoms with Crippen LogP contribution in [-0.2, 0) is 4.74 Å². The fraction of sp³-hybridized carbons (Fsp3) is 0.364. The minimum absolute atomic E-state index is 0.216. The van der Waals surface area contributed by atoms with Crippen LogP contribution in [0.5, 0.6) is 0 Å². The fourth-order valence-corrected chi connectivity index (χ4v) is 3.87. The van der Waals surface area contributed by atoms with Crippen LogP contribution in [0.2, 0.25) is 0 Å². The molecule has 2 N–H and O–H groups in total. The number of carbonyl (C=O) groups excluding carboxylic acids is 1. The lowest BCUT2D eigenvalue weighted by Crippen LogP contribution is -2.45. The molecule has 30 heavy (non-hydrogen) atoms. The van der Waals surface area contributed by atoms with Crippen molar-refractivity contribution in [2.24, 2.45) is 0 Å². The lowest BCUT2D eigenvalue weighted by molar-refractivity contribution is 0.0971. The van der Waals surface area contributed by atoms with Gasteiger partial charge in [-0.05, 0) is 44.0 Å². The van der Waals surface area contributed by atoms with E-state index in [-0.39, 0.29) is 6.09 Å². The molecule has 0 atom stereocenters. The van der Waals surface area contributed by atoms with Crippen molar-refractivity contribution in [1.29, 1.82) is 0 Å². The molecule has 0 aliphatic carbocycles. The first-order valence-electron chi connectivity index (χ1n) is 10.2. The summed E-state index contributed by atoms with van der Waals surface area (Å²) in [6.07, 6.45) is 3.04. The summed E-state index contributed by atoms with van der Waals surface area (Å²) < 4.78 is 5.11. The van der Waals surface area contributed by atoms with Crippen LogP contribution in [0.15, 0.2) is 42.7 Å². The Balaban J connectivity index is 1.51. The van der Waals surface area contributed by atoms with Crippen LogP contribution in [0, 0.1) is 0 Å². The summed E-state index contributed by atoms with van der Waals surface area (Å²) in [6, 6.07) is 12.5. The molecule has 8 nitrogen and oxygen atoms in total. The Labute approximate surface area is 175 Å². The van der Waals surface area contributed by atoms with E-state index in [4.69, 9.17) is 10.5 Å². The molecule has 3 heterocycles. The molecular weight excluding hydrogens is 380 g/mol. The summed E-state index contributed by atoms with van der Waals surface area (Å²) in [6.45, 7) is 3.65. The number of nitrogens with two attached hydrogens (primary N) is 1. The predicted molar refractivity (Wildman–Crippen MR) is 117 cm³/mol. The number of amides is 1. The summed E-state index contributed by atoms with van der Waals surface area (Å²) >= 11 is 0. The molecule has 0 saturated carbocycles. The van der Waals surface area contributed by atoms with Gasteiger partial charge in [0.2, 0.25) is 0 Å². The summed E-state index contributed by atoms with van der Waals surface area (Å²) in [4.78, 5) is 28.9. The van der Waals surface area contributed by atoms with Crippen molar-refractivity contribution in [1.82, 2.24) is 19.9 Å². The van der Waals surface area contributed by atoms with Crippen molar-refractivity contribution in [3.63, 3.8) is 0 Å². The Morgan fingerprint density at radius 3 is 2.80 bits per heavy atom. The van der Waals surface area contributed by atoms with Gasteiger partial charge in [-0.2, -0.15) is 0 Å². The van der Waals surface area contributed by atoms with Gasteiger partial charge in [-0.25, -0.2) is 19.7 Å². The molecule has 0 bridgehead atoms. The molecule has 3 aromatic rings. The minimum Gasteiger partial charge on any atom is -0.450 e. The second-order valence-corrected chi connectivity index (χ2v) is 7.40. The van der Waals surface area contributed by atoms with Crippen molar-refractivity contribution in [2.45, 2.75) is 25.8 Å². The number of ether oxygens (including phenoxy) is 1. The number of fused-ring (bicyclic) bond motifs is 1. The molecule has 1 fully saturated rings. The van der Waals surface area contributed by atoms with E-state index in [1.54, 1.807) is 4.90 Å². The fourth-order valence-electron chi connectivity index (χ4n) is 3.87. The second kappa shape index (κ2) is 8.52. The average Bonchev–Trinajstić information content (AvgIpc) is 2.79. The molecular formula is C22H26N6O2. The smallest absolute Gasteiger partial charge is 0.409 e. The number of piperidine rings is 1. The maximum atomic E-state index is 11.9. The Hall–Kier alpha value is -3.42. The maximum Gasteiger partial charge on any atom is 0.409 e. The van der Waals surface area contributed by atoms with Gasteiger partial charge in [0.25, 0.3) is 0 Å². The third-order valence-electron chi connectivity index (χ3n) is 5.60. The Morgan fingerprint density at radius 1 is 1.23 bits per heavy atom. The highest BCUT2D eigenvalue weighted by molar-refractivity contribution is 5.86. The summed E-state index contributed by atoms with van der Waals surface area (Å²) in [7, 11) is 2.10. The van der Waals surface area contributed by atoms with Gasteiger partial charge in [0.05, 0.1) is 17.8 Å². The molecule has 8 heteroatoms. The first-order chi connectivity index (χ1) is 14.6. The molecule has 1 aliphatic heterocycles. The highest BCUT2D eigenvalue weighted by Gasteiger charge is 2.26. The summed E-state index contributed by atoms with van der Waals surface area (Å²) in [5, 5.41) is 0. The van der Waals surface area contributed by atoms with Crippen molar-refractivity contribution in [2.75, 3.05) is 37.4 Å². The number of likely N-dealkylation sites (tertiary alicyclic amines) is 1. The van der Waals surface area contributed by atoms with Gasteiger partial charge in [-0.15, -0.1) is 0 Å². The molecule has 1 amide bonds. The van der Waals surface area contributed by atoms with E-state index in [9.17, 15) is 4.79 Å². The molecule has 0 unspecified atom stereocenters. The summed E-state index contributed by atoms with van der Waals surface area (Å²) in [5.74, 6) is 0.378. The van der Waals surface area contributed by atoms with Gasteiger partial charge in [0.15, 0.2) is 5.82 Å². The Bertz CT molecular complexity index is 1050. The topological polar surface area (TPSA) is 97.5 Å². The SMILES string of the molecule is CCOC(=O)N1CCC(N(C)c2cccc(-c3ccc4ncnc(N)c4n3)c2)CC1. The number of benzene rings is 1. The predicted octanol–water partition coefficient (Wildman–Crippen LogP) is 3.33. The number of rotatable bonds is 4. The zero-order valence-electron chi connectivity index (χ0n) is 17.3. The van der Waals surface area contributed by atoms with Crippen LogP contribution >= 0.6 is 0 Å². The van der Waals surface area contributed by atoms with Crippen molar-refractivity contribution >= 4 is 28.6 Å². The number of carbonyl (C=O) groups is 1. The molecule has 1 aliphatic rings. The molecule has 0 radical (unpaired) electrons. The second-order valence-electron chi connectivity index (χ2n) is 7.40. The minimum atomic E-state index is -0.216. The van der Waals surface area contributed by atoms with E-state index in [1.165, 1.54) is 6.33 Å². The molecule has 0 spiro atoms. The van der Waals surface area contributed by atoms with Crippen LogP contribution in [0.25, 0.3) is 22.3 Å². The molecule has 1 saturated heterocycles. The van der Waals surface area contributed by atoms with Gasteiger partial charge >= 0.3 is 6.09 Å². The quantitative estimate of drug-likeness (QED) is 0.710. The molecule has 2 aromatic heterocycles. The molecule has 156 valence electrons. The Morgan fingerprint density at radius 2 is 2.03 bits per heavy atom. The largest absolute Gasteiger partial charge is 0.450 e. The van der Waals surface area contributed by atoms with E-state index in [1.807, 2.05) is 31.2 Å². The van der Waals surface area contributed by atoms with E-state index >= 15 is 0 Å². The van der Waals surface area contributed by atoms with E-state index in [0.29, 0.717) is 37.1 Å². The van der Waals surface area contributed by atoms with Crippen LogP contribution in [-0.4, -0.2) is 58.7 Å². The number of nitrogen functional groups attached to an aromatic ring is 1. The number of pyridine rings is 1. The molecule has 1 aromatic carbocycles. The summed E-state index contributed by atoms with van der Waals surface area (Å²) in [5.41, 5.74) is 10.3. The van der Waals surface area contributed by atoms with Crippen molar-refractivity contribution in [3.8, 4) is 11.3 Å². The van der Waals surface area contributed by atoms with Gasteiger partial charge in [-0.1, -0.05) is 12.1 Å². The standard InChI is InChI=1S/C22H26N6O2/c1-3-30-22(29)28-11-9-16(10-12-28)27(2)17-6-4-5-15(13-17)18-7-8-19-20(26-18)21(23)25-14-24-19/h4-8,13-14,16H,3,9-12H2,1-2H3,(H2,23,24,25). The monoisotopic (exact) mass is 406 g/mol. The zero-order chi connectivity index (χ0) is 21.1. The lowest BCUT2D eigenvalue weighted by atomic mass is 10.0. The average molecular weight is 406 g/mol. The number of anilines is 2. The van der Waals surface area contributed by atoms with Crippen LogP contribution in [0.3, 0.4) is 0 Å². The van der Waals surface area contributed by atoms with Crippen LogP contribution in [0.4, 0.5) is 16.3 Å². The number of aromatic nitrogens is 3. The van der Waals surface area contributed by atoms with Gasteiger partial charge in [0, 0.05) is 37.4 Å². The molecule has 4 rings (SSSR count). The van der Waals surface area contributed by atoms with E-state index in [0.717, 1.165) is 35.3 Å². The van der Waals surface area contributed by atoms with Gasteiger partial charge < -0.3 is 20.3 Å². The highest BCUT2D eigenvalue weighted by Crippen LogP contribution is 2.28. The number of nitrogens with zero attached hydrogens (tertiary/aromatic N) is 5. The first-order valence-corrected chi connectivity index (χ1v) is 10.2. The van der Waals surface area contributed by atoms with Crippen LogP contribution in [0.1, 0.15) is 19.8 Å². The number of hydrogen-bond donors (Lipinski definition) is 1. The maximum absolute atomic E-state index is 11.9. The third kappa shape index (κ3) is 3.98.